The first-order chi connectivity index (χ1) is 11.9. The predicted octanol–water partition coefficient (Wildman–Crippen LogP) is 0.691. The molecule has 0 aromatic carbocycles. The summed E-state index contributed by atoms with van der Waals surface area (Å²) in [7, 11) is 2.99. The van der Waals surface area contributed by atoms with Crippen LogP contribution in [0.3, 0.4) is 0 Å². The molecule has 8 heteroatoms. The van der Waals surface area contributed by atoms with Gasteiger partial charge < -0.3 is 9.88 Å². The number of nitrogens with zero attached hydrogens (tertiary/aromatic N) is 4. The second-order valence-corrected chi connectivity index (χ2v) is 6.95. The molecule has 0 saturated heterocycles. The van der Waals surface area contributed by atoms with Gasteiger partial charge in [-0.05, 0) is 25.7 Å². The largest absolute Gasteiger partial charge is 0.354 e. The zero-order valence-corrected chi connectivity index (χ0v) is 15.0. The fraction of sp³-hybridized carbons (Fsp3) is 0.647. The van der Waals surface area contributed by atoms with Gasteiger partial charge in [-0.25, -0.2) is 9.78 Å². The van der Waals surface area contributed by atoms with E-state index in [0.29, 0.717) is 18.1 Å². The van der Waals surface area contributed by atoms with E-state index >= 15 is 0 Å². The van der Waals surface area contributed by atoms with Gasteiger partial charge in [-0.2, -0.15) is 0 Å². The lowest BCUT2D eigenvalue weighted by atomic mass is 9.89. The molecule has 1 N–H and O–H groups in total. The minimum Gasteiger partial charge on any atom is -0.354 e. The monoisotopic (exact) mass is 347 g/mol. The second kappa shape index (κ2) is 6.85. The van der Waals surface area contributed by atoms with E-state index in [2.05, 4.69) is 10.3 Å². The molecule has 2 aromatic rings. The summed E-state index contributed by atoms with van der Waals surface area (Å²) in [5.41, 5.74) is -0.315. The average Bonchev–Trinajstić information content (AvgIpc) is 3.08. The van der Waals surface area contributed by atoms with Crippen LogP contribution in [0, 0.1) is 5.92 Å². The Balaban J connectivity index is 1.84. The summed E-state index contributed by atoms with van der Waals surface area (Å²) in [6.45, 7) is 2.41. The number of imidazole rings is 1. The van der Waals surface area contributed by atoms with Crippen molar-refractivity contribution in [2.45, 2.75) is 45.1 Å². The van der Waals surface area contributed by atoms with E-state index in [-0.39, 0.29) is 11.4 Å². The topological polar surface area (TPSA) is 90.9 Å². The van der Waals surface area contributed by atoms with Crippen molar-refractivity contribution in [3.63, 3.8) is 0 Å². The number of aromatic nitrogens is 4. The van der Waals surface area contributed by atoms with Gasteiger partial charge in [-0.15, -0.1) is 0 Å². The molecule has 0 aliphatic heterocycles. The summed E-state index contributed by atoms with van der Waals surface area (Å²) in [5.74, 6) is 0.402. The lowest BCUT2D eigenvalue weighted by Crippen LogP contribution is -2.39. The highest BCUT2D eigenvalue weighted by molar-refractivity contribution is 5.82. The number of rotatable bonds is 4. The second-order valence-electron chi connectivity index (χ2n) is 6.95. The average molecular weight is 347 g/mol. The molecule has 25 heavy (non-hydrogen) atoms. The van der Waals surface area contributed by atoms with Crippen molar-refractivity contribution in [3.05, 3.63) is 27.2 Å². The zero-order chi connectivity index (χ0) is 18.1. The Morgan fingerprint density at radius 3 is 2.60 bits per heavy atom. The fourth-order valence-corrected chi connectivity index (χ4v) is 3.57. The SMILES string of the molecule is CC(C(=O)NCC1CCCCC1)n1cnc2c1c(=O)n(C)c(=O)n2C. The van der Waals surface area contributed by atoms with Crippen LogP contribution >= 0.6 is 0 Å². The first-order valence-electron chi connectivity index (χ1n) is 8.82. The Morgan fingerprint density at radius 2 is 1.92 bits per heavy atom. The number of carbonyl (C=O) groups is 1. The van der Waals surface area contributed by atoms with E-state index in [0.717, 1.165) is 17.4 Å². The molecule has 0 radical (unpaired) electrons. The molecule has 1 atom stereocenters. The molecule has 0 spiro atoms. The Kier molecular flexibility index (Phi) is 4.78. The highest BCUT2D eigenvalue weighted by atomic mass is 16.2. The van der Waals surface area contributed by atoms with Gasteiger partial charge in [0.25, 0.3) is 5.56 Å². The van der Waals surface area contributed by atoms with E-state index in [1.807, 2.05) is 0 Å². The molecule has 1 amide bonds. The lowest BCUT2D eigenvalue weighted by Gasteiger charge is -2.23. The molecule has 3 rings (SSSR count). The van der Waals surface area contributed by atoms with E-state index in [4.69, 9.17) is 0 Å². The maximum atomic E-state index is 12.5. The Bertz CT molecular complexity index is 901. The van der Waals surface area contributed by atoms with Crippen molar-refractivity contribution < 1.29 is 4.79 Å². The summed E-state index contributed by atoms with van der Waals surface area (Å²) in [6.07, 6.45) is 7.51. The van der Waals surface area contributed by atoms with Gasteiger partial charge in [0.05, 0.1) is 6.33 Å². The number of aryl methyl sites for hydroxylation is 1. The molecule has 2 heterocycles. The normalized spacial score (nSPS) is 16.9. The van der Waals surface area contributed by atoms with Crippen LogP contribution < -0.4 is 16.6 Å². The Morgan fingerprint density at radius 1 is 1.24 bits per heavy atom. The van der Waals surface area contributed by atoms with E-state index < -0.39 is 17.3 Å². The molecule has 8 nitrogen and oxygen atoms in total. The minimum atomic E-state index is -0.571. The maximum absolute atomic E-state index is 12.5. The molecule has 136 valence electrons. The lowest BCUT2D eigenvalue weighted by molar-refractivity contribution is -0.124. The van der Waals surface area contributed by atoms with Crippen LogP contribution in [-0.4, -0.2) is 31.1 Å². The standard InChI is InChI=1S/C17H25N5O3/c1-11(15(23)18-9-12-7-5-4-6-8-12)22-10-19-14-13(22)16(24)21(3)17(25)20(14)2/h10-12H,4-9H2,1-3H3,(H,18,23). The number of fused-ring (bicyclic) bond motifs is 1. The van der Waals surface area contributed by atoms with Gasteiger partial charge in [0.2, 0.25) is 5.91 Å². The van der Waals surface area contributed by atoms with Gasteiger partial charge in [0.1, 0.15) is 6.04 Å². The van der Waals surface area contributed by atoms with E-state index in [1.165, 1.54) is 37.2 Å². The third-order valence-electron chi connectivity index (χ3n) is 5.26. The first-order valence-corrected chi connectivity index (χ1v) is 8.82. The maximum Gasteiger partial charge on any atom is 0.332 e. The number of hydrogen-bond acceptors (Lipinski definition) is 4. The minimum absolute atomic E-state index is 0.138. The summed E-state index contributed by atoms with van der Waals surface area (Å²) in [6, 6.07) is -0.571. The molecule has 1 fully saturated rings. The Hall–Kier alpha value is -2.38. The van der Waals surface area contributed by atoms with Crippen molar-refractivity contribution in [2.24, 2.45) is 20.0 Å². The van der Waals surface area contributed by atoms with Crippen molar-refractivity contribution >= 4 is 17.1 Å². The third-order valence-corrected chi connectivity index (χ3v) is 5.26. The number of amides is 1. The quantitative estimate of drug-likeness (QED) is 0.881. The molecular formula is C17H25N5O3. The third kappa shape index (κ3) is 3.12. The van der Waals surface area contributed by atoms with Crippen molar-refractivity contribution in [1.82, 2.24) is 24.0 Å². The summed E-state index contributed by atoms with van der Waals surface area (Å²) >= 11 is 0. The van der Waals surface area contributed by atoms with Crippen LogP contribution in [0.4, 0.5) is 0 Å². The van der Waals surface area contributed by atoms with Gasteiger partial charge in [-0.3, -0.25) is 18.7 Å². The van der Waals surface area contributed by atoms with Gasteiger partial charge >= 0.3 is 5.69 Å². The predicted molar refractivity (Wildman–Crippen MR) is 94.5 cm³/mol. The molecule has 0 bridgehead atoms. The molecule has 1 unspecified atom stereocenters. The summed E-state index contributed by atoms with van der Waals surface area (Å²) in [4.78, 5) is 41.2. The van der Waals surface area contributed by atoms with Gasteiger partial charge in [0, 0.05) is 20.6 Å². The van der Waals surface area contributed by atoms with Crippen LogP contribution in [0.25, 0.3) is 11.2 Å². The van der Waals surface area contributed by atoms with Crippen molar-refractivity contribution in [3.8, 4) is 0 Å². The van der Waals surface area contributed by atoms with E-state index in [9.17, 15) is 14.4 Å². The fourth-order valence-electron chi connectivity index (χ4n) is 3.57. The molecular weight excluding hydrogens is 322 g/mol. The van der Waals surface area contributed by atoms with Crippen molar-refractivity contribution in [2.75, 3.05) is 6.54 Å². The Labute approximate surface area is 145 Å². The van der Waals surface area contributed by atoms with Gasteiger partial charge in [0.15, 0.2) is 11.2 Å². The molecule has 1 saturated carbocycles. The zero-order valence-electron chi connectivity index (χ0n) is 15.0. The van der Waals surface area contributed by atoms with Crippen LogP contribution in [0.1, 0.15) is 45.1 Å². The van der Waals surface area contributed by atoms with Crippen LogP contribution in [0.2, 0.25) is 0 Å². The number of nitrogens with one attached hydrogen (secondary N) is 1. The molecule has 1 aliphatic rings. The molecule has 1 aliphatic carbocycles. The number of carbonyl (C=O) groups excluding carboxylic acids is 1. The smallest absolute Gasteiger partial charge is 0.332 e. The first kappa shape index (κ1) is 17.4. The van der Waals surface area contributed by atoms with E-state index in [1.54, 1.807) is 18.5 Å². The van der Waals surface area contributed by atoms with Crippen LogP contribution in [-0.2, 0) is 18.9 Å². The van der Waals surface area contributed by atoms with Crippen LogP contribution in [0.15, 0.2) is 15.9 Å². The van der Waals surface area contributed by atoms with Crippen LogP contribution in [0.5, 0.6) is 0 Å². The van der Waals surface area contributed by atoms with Crippen molar-refractivity contribution in [1.29, 1.82) is 0 Å². The molecule has 2 aromatic heterocycles. The highest BCUT2D eigenvalue weighted by Crippen LogP contribution is 2.23. The highest BCUT2D eigenvalue weighted by Gasteiger charge is 2.22. The summed E-state index contributed by atoms with van der Waals surface area (Å²) in [5, 5.41) is 3.00. The number of hydrogen-bond donors (Lipinski definition) is 1. The summed E-state index contributed by atoms with van der Waals surface area (Å²) < 4.78 is 3.90. The van der Waals surface area contributed by atoms with Gasteiger partial charge in [-0.1, -0.05) is 19.3 Å².